The van der Waals surface area contributed by atoms with Crippen LogP contribution in [0.5, 0.6) is 0 Å². The van der Waals surface area contributed by atoms with Crippen molar-refractivity contribution in [1.29, 1.82) is 0 Å². The Labute approximate surface area is 103 Å². The number of nitrogens with zero attached hydrogens (tertiary/aromatic N) is 1. The fraction of sp³-hybridized carbons (Fsp3) is 0.267. The van der Waals surface area contributed by atoms with Gasteiger partial charge in [0.05, 0.1) is 5.69 Å². The van der Waals surface area contributed by atoms with Gasteiger partial charge in [-0.1, -0.05) is 17.2 Å². The number of aromatic nitrogens is 1. The predicted molar refractivity (Wildman–Crippen MR) is 71.9 cm³/mol. The van der Waals surface area contributed by atoms with E-state index in [4.69, 9.17) is 0 Å². The molecule has 0 saturated carbocycles. The molecule has 2 nitrogen and oxygen atoms in total. The normalized spacial score (nSPS) is 10.5. The third-order valence-electron chi connectivity index (χ3n) is 2.72. The largest absolute Gasteiger partial charge is 0.316 e. The molecule has 2 aromatic rings. The van der Waals surface area contributed by atoms with E-state index in [1.54, 1.807) is 0 Å². The van der Waals surface area contributed by atoms with Crippen LogP contribution in [0.1, 0.15) is 16.7 Å². The van der Waals surface area contributed by atoms with Crippen molar-refractivity contribution in [1.82, 2.24) is 10.3 Å². The molecule has 2 heteroatoms. The van der Waals surface area contributed by atoms with Crippen LogP contribution in [0.25, 0.3) is 11.3 Å². The molecular weight excluding hydrogens is 208 g/mol. The molecule has 0 radical (unpaired) electrons. The molecule has 0 spiro atoms. The Morgan fingerprint density at radius 1 is 1.06 bits per heavy atom. The Morgan fingerprint density at radius 3 is 2.41 bits per heavy atom. The maximum atomic E-state index is 4.45. The van der Waals surface area contributed by atoms with Gasteiger partial charge in [-0.15, -0.1) is 0 Å². The van der Waals surface area contributed by atoms with Gasteiger partial charge in [0.2, 0.25) is 0 Å². The molecule has 1 heterocycles. The zero-order valence-electron chi connectivity index (χ0n) is 10.6. The van der Waals surface area contributed by atoms with Crippen LogP contribution in [0.2, 0.25) is 0 Å². The monoisotopic (exact) mass is 226 g/mol. The van der Waals surface area contributed by atoms with Gasteiger partial charge in [0.25, 0.3) is 0 Å². The van der Waals surface area contributed by atoms with Crippen LogP contribution < -0.4 is 5.32 Å². The van der Waals surface area contributed by atoms with Gasteiger partial charge in [-0.25, -0.2) is 0 Å². The fourth-order valence-electron chi connectivity index (χ4n) is 2.07. The Hall–Kier alpha value is -1.67. The number of hydrogen-bond acceptors (Lipinski definition) is 2. The second-order valence-electron chi connectivity index (χ2n) is 4.46. The third-order valence-corrected chi connectivity index (χ3v) is 2.72. The molecule has 0 saturated heterocycles. The fourth-order valence-corrected chi connectivity index (χ4v) is 2.07. The predicted octanol–water partition coefficient (Wildman–Crippen LogP) is 3.08. The Balaban J connectivity index is 2.41. The average Bonchev–Trinajstić information content (AvgIpc) is 2.28. The summed E-state index contributed by atoms with van der Waals surface area (Å²) in [6.07, 6.45) is 1.87. The van der Waals surface area contributed by atoms with Gasteiger partial charge in [-0.2, -0.15) is 0 Å². The van der Waals surface area contributed by atoms with E-state index in [0.717, 1.165) is 12.2 Å². The Kier molecular flexibility index (Phi) is 3.55. The summed E-state index contributed by atoms with van der Waals surface area (Å²) >= 11 is 0. The van der Waals surface area contributed by atoms with Crippen LogP contribution in [0, 0.1) is 13.8 Å². The van der Waals surface area contributed by atoms with Crippen molar-refractivity contribution in [3.8, 4) is 11.3 Å². The first kappa shape index (κ1) is 11.8. The van der Waals surface area contributed by atoms with Gasteiger partial charge in [0.15, 0.2) is 0 Å². The lowest BCUT2D eigenvalue weighted by molar-refractivity contribution is 0.816. The highest BCUT2D eigenvalue weighted by molar-refractivity contribution is 5.61. The van der Waals surface area contributed by atoms with Crippen molar-refractivity contribution in [3.05, 3.63) is 53.2 Å². The summed E-state index contributed by atoms with van der Waals surface area (Å²) < 4.78 is 0. The van der Waals surface area contributed by atoms with Gasteiger partial charge < -0.3 is 5.32 Å². The molecule has 88 valence electrons. The van der Waals surface area contributed by atoms with E-state index >= 15 is 0 Å². The molecule has 1 aromatic heterocycles. The van der Waals surface area contributed by atoms with E-state index < -0.39 is 0 Å². The smallest absolute Gasteiger partial charge is 0.0705 e. The van der Waals surface area contributed by atoms with Gasteiger partial charge in [0, 0.05) is 18.3 Å². The second kappa shape index (κ2) is 5.11. The van der Waals surface area contributed by atoms with Crippen LogP contribution in [0.15, 0.2) is 36.5 Å². The molecule has 1 N–H and O–H groups in total. The van der Waals surface area contributed by atoms with Crippen LogP contribution in [0.3, 0.4) is 0 Å². The zero-order valence-corrected chi connectivity index (χ0v) is 10.6. The summed E-state index contributed by atoms with van der Waals surface area (Å²) in [6.45, 7) is 5.11. The van der Waals surface area contributed by atoms with Crippen molar-refractivity contribution < 1.29 is 0 Å². The number of hydrogen-bond donors (Lipinski definition) is 1. The van der Waals surface area contributed by atoms with Gasteiger partial charge in [-0.3, -0.25) is 4.98 Å². The first-order chi connectivity index (χ1) is 8.19. The second-order valence-corrected chi connectivity index (χ2v) is 4.46. The van der Waals surface area contributed by atoms with E-state index in [0.29, 0.717) is 0 Å². The minimum Gasteiger partial charge on any atom is -0.316 e. The lowest BCUT2D eigenvalue weighted by Gasteiger charge is -2.06. The Bertz CT molecular complexity index is 498. The molecule has 0 bridgehead atoms. The van der Waals surface area contributed by atoms with Gasteiger partial charge in [0.1, 0.15) is 0 Å². The quantitative estimate of drug-likeness (QED) is 0.870. The Morgan fingerprint density at radius 2 is 1.76 bits per heavy atom. The standard InChI is InChI=1S/C15H18N2/c1-11-6-12(2)8-14(7-11)15-9-13(10-16-3)4-5-17-15/h4-9,16H,10H2,1-3H3. The highest BCUT2D eigenvalue weighted by Gasteiger charge is 2.02. The minimum atomic E-state index is 0.875. The van der Waals surface area contributed by atoms with Gasteiger partial charge >= 0.3 is 0 Å². The van der Waals surface area contributed by atoms with E-state index in [2.05, 4.69) is 48.4 Å². The number of pyridine rings is 1. The van der Waals surface area contributed by atoms with Crippen LogP contribution in [-0.4, -0.2) is 12.0 Å². The molecule has 1 aromatic carbocycles. The van der Waals surface area contributed by atoms with Crippen LogP contribution >= 0.6 is 0 Å². The molecule has 0 atom stereocenters. The highest BCUT2D eigenvalue weighted by atomic mass is 14.8. The zero-order chi connectivity index (χ0) is 12.3. The molecule has 0 amide bonds. The van der Waals surface area contributed by atoms with E-state index in [1.165, 1.54) is 22.3 Å². The first-order valence-electron chi connectivity index (χ1n) is 5.87. The molecule has 2 rings (SSSR count). The summed E-state index contributed by atoms with van der Waals surface area (Å²) in [6, 6.07) is 10.7. The molecule has 0 aliphatic rings. The summed E-state index contributed by atoms with van der Waals surface area (Å²) in [5.41, 5.74) is 6.06. The molecule has 0 aliphatic carbocycles. The maximum Gasteiger partial charge on any atom is 0.0705 e. The third kappa shape index (κ3) is 2.92. The average molecular weight is 226 g/mol. The molecule has 0 fully saturated rings. The molecule has 0 unspecified atom stereocenters. The lowest BCUT2D eigenvalue weighted by atomic mass is 10.0. The van der Waals surface area contributed by atoms with Crippen LogP contribution in [-0.2, 0) is 6.54 Å². The van der Waals surface area contributed by atoms with Crippen LogP contribution in [0.4, 0.5) is 0 Å². The summed E-state index contributed by atoms with van der Waals surface area (Å²) in [7, 11) is 1.96. The number of benzene rings is 1. The number of rotatable bonds is 3. The minimum absolute atomic E-state index is 0.875. The summed E-state index contributed by atoms with van der Waals surface area (Å²) in [4.78, 5) is 4.45. The summed E-state index contributed by atoms with van der Waals surface area (Å²) in [5, 5.41) is 3.16. The molecular formula is C15H18N2. The molecule has 0 aliphatic heterocycles. The van der Waals surface area contributed by atoms with Crippen molar-refractivity contribution >= 4 is 0 Å². The number of aryl methyl sites for hydroxylation is 2. The lowest BCUT2D eigenvalue weighted by Crippen LogP contribution is -2.05. The van der Waals surface area contributed by atoms with Crippen molar-refractivity contribution in [2.75, 3.05) is 7.05 Å². The topological polar surface area (TPSA) is 24.9 Å². The highest BCUT2D eigenvalue weighted by Crippen LogP contribution is 2.20. The van der Waals surface area contributed by atoms with Crippen molar-refractivity contribution in [2.24, 2.45) is 0 Å². The van der Waals surface area contributed by atoms with E-state index in [9.17, 15) is 0 Å². The van der Waals surface area contributed by atoms with Crippen molar-refractivity contribution in [3.63, 3.8) is 0 Å². The summed E-state index contributed by atoms with van der Waals surface area (Å²) in [5.74, 6) is 0. The first-order valence-corrected chi connectivity index (χ1v) is 5.87. The van der Waals surface area contributed by atoms with E-state index in [-0.39, 0.29) is 0 Å². The maximum absolute atomic E-state index is 4.45. The van der Waals surface area contributed by atoms with Gasteiger partial charge in [-0.05, 0) is 50.7 Å². The number of nitrogens with one attached hydrogen (secondary N) is 1. The van der Waals surface area contributed by atoms with Crippen molar-refractivity contribution in [2.45, 2.75) is 20.4 Å². The SMILES string of the molecule is CNCc1ccnc(-c2cc(C)cc(C)c2)c1. The molecule has 17 heavy (non-hydrogen) atoms. The van der Waals surface area contributed by atoms with E-state index in [1.807, 2.05) is 19.3 Å².